The molecule has 0 spiro atoms. The maximum Gasteiger partial charge on any atom is 0.328 e. The Bertz CT molecular complexity index is 332. The van der Waals surface area contributed by atoms with Crippen molar-refractivity contribution >= 4 is 5.97 Å². The molecule has 1 aromatic rings. The van der Waals surface area contributed by atoms with Crippen LogP contribution in [0.3, 0.4) is 0 Å². The molecule has 0 aromatic carbocycles. The first-order chi connectivity index (χ1) is 6.68. The minimum absolute atomic E-state index is 0.458. The predicted molar refractivity (Wildman–Crippen MR) is 47.5 cm³/mol. The quantitative estimate of drug-likeness (QED) is 0.514. The van der Waals surface area contributed by atoms with E-state index >= 15 is 0 Å². The maximum atomic E-state index is 10.1. The molecule has 0 unspecified atom stereocenters. The van der Waals surface area contributed by atoms with Crippen LogP contribution in [0, 0.1) is 6.92 Å². The first-order valence-corrected chi connectivity index (χ1v) is 4.08. The number of nitrogens with one attached hydrogen (secondary N) is 1. The highest BCUT2D eigenvalue weighted by Gasteiger charge is 1.99. The lowest BCUT2D eigenvalue weighted by atomic mass is 10.5. The summed E-state index contributed by atoms with van der Waals surface area (Å²) in [5.41, 5.74) is 0. The van der Waals surface area contributed by atoms with Crippen molar-refractivity contribution in [2.75, 3.05) is 6.54 Å². The summed E-state index contributed by atoms with van der Waals surface area (Å²) in [6.07, 6.45) is 2.59. The van der Waals surface area contributed by atoms with E-state index in [2.05, 4.69) is 15.5 Å². The predicted octanol–water partition coefficient (Wildman–Crippen LogP) is 0.108. The van der Waals surface area contributed by atoms with E-state index in [1.807, 2.05) is 0 Å². The Balaban J connectivity index is 2.19. The maximum absolute atomic E-state index is 10.1. The average molecular weight is 197 g/mol. The summed E-state index contributed by atoms with van der Waals surface area (Å²) >= 11 is 0. The van der Waals surface area contributed by atoms with Gasteiger partial charge in [0.15, 0.2) is 5.82 Å². The Morgan fingerprint density at radius 3 is 3.07 bits per heavy atom. The van der Waals surface area contributed by atoms with Crippen molar-refractivity contribution in [3.63, 3.8) is 0 Å². The normalized spacial score (nSPS) is 10.9. The largest absolute Gasteiger partial charge is 0.478 e. The minimum Gasteiger partial charge on any atom is -0.478 e. The molecule has 2 N–H and O–H groups in total. The number of hydrogen-bond acceptors (Lipinski definition) is 5. The summed E-state index contributed by atoms with van der Waals surface area (Å²) in [4.78, 5) is 14.0. The Morgan fingerprint density at radius 1 is 1.71 bits per heavy atom. The van der Waals surface area contributed by atoms with Gasteiger partial charge in [-0.25, -0.2) is 4.79 Å². The van der Waals surface area contributed by atoms with Crippen LogP contribution in [0.4, 0.5) is 0 Å². The number of aliphatic carboxylic acids is 1. The van der Waals surface area contributed by atoms with E-state index < -0.39 is 5.97 Å². The average Bonchev–Trinajstić information content (AvgIpc) is 2.50. The molecule has 1 heterocycles. The van der Waals surface area contributed by atoms with Crippen LogP contribution in [0.25, 0.3) is 0 Å². The number of carboxylic acids is 1. The SMILES string of the molecule is Cc1nc(CNC/C=C/C(=O)O)no1. The number of aryl methyl sites for hydroxylation is 1. The Kier molecular flexibility index (Phi) is 3.81. The molecule has 14 heavy (non-hydrogen) atoms. The molecule has 1 aromatic heterocycles. The van der Waals surface area contributed by atoms with E-state index in [9.17, 15) is 4.79 Å². The molecule has 6 heteroatoms. The summed E-state index contributed by atoms with van der Waals surface area (Å²) in [5, 5.41) is 14.9. The van der Waals surface area contributed by atoms with Crippen molar-refractivity contribution in [2.24, 2.45) is 0 Å². The lowest BCUT2D eigenvalue weighted by Gasteiger charge is -1.94. The van der Waals surface area contributed by atoms with Crippen molar-refractivity contribution < 1.29 is 14.4 Å². The second-order valence-electron chi connectivity index (χ2n) is 2.60. The molecule has 0 saturated carbocycles. The third-order valence-corrected chi connectivity index (χ3v) is 1.38. The van der Waals surface area contributed by atoms with E-state index in [1.54, 1.807) is 6.92 Å². The number of carbonyl (C=O) groups is 1. The number of hydrogen-bond donors (Lipinski definition) is 2. The highest BCUT2D eigenvalue weighted by Crippen LogP contribution is 1.93. The minimum atomic E-state index is -0.956. The smallest absolute Gasteiger partial charge is 0.328 e. The highest BCUT2D eigenvalue weighted by atomic mass is 16.5. The summed E-state index contributed by atoms with van der Waals surface area (Å²) in [6.45, 7) is 2.63. The first-order valence-electron chi connectivity index (χ1n) is 4.08. The van der Waals surface area contributed by atoms with Crippen molar-refractivity contribution in [3.05, 3.63) is 23.9 Å². The van der Waals surface area contributed by atoms with Gasteiger partial charge in [0.1, 0.15) is 0 Å². The van der Waals surface area contributed by atoms with Crippen molar-refractivity contribution in [2.45, 2.75) is 13.5 Å². The van der Waals surface area contributed by atoms with Gasteiger partial charge in [0.25, 0.3) is 0 Å². The van der Waals surface area contributed by atoms with Gasteiger partial charge in [-0.1, -0.05) is 11.2 Å². The lowest BCUT2D eigenvalue weighted by Crippen LogP contribution is -2.14. The van der Waals surface area contributed by atoms with Crippen LogP contribution in [0.15, 0.2) is 16.7 Å². The summed E-state index contributed by atoms with van der Waals surface area (Å²) in [6, 6.07) is 0. The van der Waals surface area contributed by atoms with Gasteiger partial charge in [-0.15, -0.1) is 0 Å². The zero-order chi connectivity index (χ0) is 10.4. The van der Waals surface area contributed by atoms with Crippen molar-refractivity contribution in [1.82, 2.24) is 15.5 Å². The van der Waals surface area contributed by atoms with Crippen LogP contribution in [0.1, 0.15) is 11.7 Å². The highest BCUT2D eigenvalue weighted by molar-refractivity contribution is 5.79. The second kappa shape index (κ2) is 5.13. The molecular weight excluding hydrogens is 186 g/mol. The van der Waals surface area contributed by atoms with E-state index in [1.165, 1.54) is 6.08 Å². The lowest BCUT2D eigenvalue weighted by molar-refractivity contribution is -0.131. The molecule has 6 nitrogen and oxygen atoms in total. The molecule has 0 bridgehead atoms. The third kappa shape index (κ3) is 3.81. The van der Waals surface area contributed by atoms with E-state index in [0.717, 1.165) is 6.08 Å². The molecule has 0 aliphatic rings. The summed E-state index contributed by atoms with van der Waals surface area (Å²) in [7, 11) is 0. The van der Waals surface area contributed by atoms with Crippen LogP contribution >= 0.6 is 0 Å². The molecular formula is C8H11N3O3. The first kappa shape index (κ1) is 10.4. The monoisotopic (exact) mass is 197 g/mol. The zero-order valence-corrected chi connectivity index (χ0v) is 7.73. The molecule has 0 radical (unpaired) electrons. The van der Waals surface area contributed by atoms with E-state index in [4.69, 9.17) is 9.63 Å². The Hall–Kier alpha value is -1.69. The fourth-order valence-electron chi connectivity index (χ4n) is 0.840. The fourth-order valence-corrected chi connectivity index (χ4v) is 0.840. The molecule has 0 amide bonds. The summed E-state index contributed by atoms with van der Waals surface area (Å²) in [5.74, 6) is 0.122. The second-order valence-corrected chi connectivity index (χ2v) is 2.60. The molecule has 76 valence electrons. The van der Waals surface area contributed by atoms with Crippen molar-refractivity contribution in [1.29, 1.82) is 0 Å². The molecule has 0 saturated heterocycles. The van der Waals surface area contributed by atoms with Crippen LogP contribution in [-0.4, -0.2) is 27.8 Å². The van der Waals surface area contributed by atoms with Gasteiger partial charge in [-0.2, -0.15) is 4.98 Å². The van der Waals surface area contributed by atoms with Gasteiger partial charge >= 0.3 is 5.97 Å². The standard InChI is InChI=1S/C8H11N3O3/c1-6-10-7(11-14-6)5-9-4-2-3-8(12)13/h2-3,9H,4-5H2,1H3,(H,12,13)/b3-2+. The third-order valence-electron chi connectivity index (χ3n) is 1.38. The van der Waals surface area contributed by atoms with Gasteiger partial charge in [0.05, 0.1) is 6.54 Å². The number of aromatic nitrogens is 2. The van der Waals surface area contributed by atoms with Crippen LogP contribution in [-0.2, 0) is 11.3 Å². The zero-order valence-electron chi connectivity index (χ0n) is 7.73. The number of carboxylic acid groups (broad SMARTS) is 1. The van der Waals surface area contributed by atoms with Gasteiger partial charge in [0.2, 0.25) is 5.89 Å². The van der Waals surface area contributed by atoms with Gasteiger partial charge in [0, 0.05) is 19.5 Å². The summed E-state index contributed by atoms with van der Waals surface area (Å²) < 4.78 is 4.75. The van der Waals surface area contributed by atoms with Crippen LogP contribution in [0.5, 0.6) is 0 Å². The van der Waals surface area contributed by atoms with Gasteiger partial charge in [-0.3, -0.25) is 0 Å². The number of nitrogens with zero attached hydrogens (tertiary/aromatic N) is 2. The number of rotatable bonds is 5. The van der Waals surface area contributed by atoms with E-state index in [0.29, 0.717) is 24.8 Å². The molecule has 0 atom stereocenters. The topological polar surface area (TPSA) is 88.2 Å². The van der Waals surface area contributed by atoms with E-state index in [-0.39, 0.29) is 0 Å². The fraction of sp³-hybridized carbons (Fsp3) is 0.375. The van der Waals surface area contributed by atoms with Crippen LogP contribution in [0.2, 0.25) is 0 Å². The molecule has 0 aliphatic heterocycles. The molecule has 0 aliphatic carbocycles. The molecule has 1 rings (SSSR count). The Morgan fingerprint density at radius 2 is 2.50 bits per heavy atom. The Labute approximate surface area is 80.6 Å². The van der Waals surface area contributed by atoms with Crippen molar-refractivity contribution in [3.8, 4) is 0 Å². The van der Waals surface area contributed by atoms with Crippen LogP contribution < -0.4 is 5.32 Å². The molecule has 0 fully saturated rings. The van der Waals surface area contributed by atoms with Gasteiger partial charge < -0.3 is 14.9 Å². The van der Waals surface area contributed by atoms with Gasteiger partial charge in [-0.05, 0) is 0 Å².